The van der Waals surface area contributed by atoms with E-state index in [1.54, 1.807) is 71.9 Å². The number of ketones is 2. The Morgan fingerprint density at radius 3 is 1.05 bits per heavy atom. The van der Waals surface area contributed by atoms with Gasteiger partial charge >= 0.3 is 36.3 Å². The summed E-state index contributed by atoms with van der Waals surface area (Å²) in [5.74, 6) is 0.425. The number of esters is 1. The summed E-state index contributed by atoms with van der Waals surface area (Å²) < 4.78 is 25.3. The molecule has 13 aliphatic rings. The van der Waals surface area contributed by atoms with E-state index < -0.39 is 40.4 Å². The van der Waals surface area contributed by atoms with Crippen molar-refractivity contribution in [2.24, 2.45) is 17.6 Å². The highest BCUT2D eigenvalue weighted by molar-refractivity contribution is 6.03. The minimum Gasteiger partial charge on any atom is -0.478 e. The second-order valence-electron chi connectivity index (χ2n) is 43.2. The number of aldehydes is 1. The summed E-state index contributed by atoms with van der Waals surface area (Å²) in [4.78, 5) is 173. The third kappa shape index (κ3) is 26.9. The van der Waals surface area contributed by atoms with Crippen molar-refractivity contribution >= 4 is 77.8 Å². The maximum absolute atomic E-state index is 12.8. The number of carbonyl (C=O) groups excluding carboxylic acids is 12. The molecule has 8 amide bonds. The first kappa shape index (κ1) is 107. The van der Waals surface area contributed by atoms with Crippen LogP contribution in [0.4, 0.5) is 19.2 Å². The smallest absolute Gasteiger partial charge is 0.411 e. The minimum atomic E-state index is -0.894. The molecular formula is C115H135N13O19. The first-order valence-corrected chi connectivity index (χ1v) is 50.4. The molecule has 12 aliphatic heterocycles. The van der Waals surface area contributed by atoms with Crippen molar-refractivity contribution in [3.63, 3.8) is 0 Å². The van der Waals surface area contributed by atoms with Crippen LogP contribution >= 0.6 is 0 Å². The number of methoxy groups -OCH3 is 1. The number of rotatable bonds is 13. The molecule has 32 nitrogen and oxygen atoms in total. The fraction of sp³-hybridized carbons (Fsp3) is 0.417. The summed E-state index contributed by atoms with van der Waals surface area (Å²) in [6.45, 7) is 38.0. The summed E-state index contributed by atoms with van der Waals surface area (Å²) in [6, 6.07) is 75.2. The number of aromatic carboxylic acids is 1. The Kier molecular flexibility index (Phi) is 33.6. The summed E-state index contributed by atoms with van der Waals surface area (Å²) in [5.41, 5.74) is 17.9. The Morgan fingerprint density at radius 2 is 0.687 bits per heavy atom. The van der Waals surface area contributed by atoms with Gasteiger partial charge in [-0.15, -0.1) is 0 Å². The number of nitrogens with one attached hydrogen (secondary N) is 1. The zero-order chi connectivity index (χ0) is 105. The monoisotopic (exact) mass is 2000 g/mol. The Labute approximate surface area is 859 Å². The van der Waals surface area contributed by atoms with Crippen molar-refractivity contribution in [1.82, 2.24) is 59.2 Å². The zero-order valence-corrected chi connectivity index (χ0v) is 86.1. The van der Waals surface area contributed by atoms with E-state index in [2.05, 4.69) is 43.0 Å². The van der Waals surface area contributed by atoms with E-state index in [4.69, 9.17) is 29.8 Å². The normalized spacial score (nSPS) is 18.7. The first-order valence-electron chi connectivity index (χ1n) is 50.4. The van der Waals surface area contributed by atoms with Gasteiger partial charge in [0, 0.05) is 188 Å². The second kappa shape index (κ2) is 46.2. The van der Waals surface area contributed by atoms with Gasteiger partial charge in [-0.05, 0) is 188 Å². The third-order valence-electron chi connectivity index (χ3n) is 27.6. The van der Waals surface area contributed by atoms with Crippen LogP contribution in [0.5, 0.6) is 0 Å². The predicted octanol–water partition coefficient (Wildman–Crippen LogP) is 14.4. The van der Waals surface area contributed by atoms with Crippen molar-refractivity contribution < 1.29 is 91.1 Å². The van der Waals surface area contributed by atoms with Crippen molar-refractivity contribution in [3.8, 4) is 22.3 Å². The van der Waals surface area contributed by atoms with E-state index in [0.29, 0.717) is 79.5 Å². The molecule has 22 rings (SSSR count). The standard InChI is InChI=1S/C27H25N3O2.C19H25N3O3.C16H20N2O3.C15H18N2O.C13H10O2.C9H8O3.C8H16N2O2.C8H13NO3/c31-26(21-12-10-20(11-13-21)19-6-2-1-3-7-19)29-15-23(16-29)28-17-24(18-28)30-14-22-8-4-5-9-25(22)27(30)32;1-19(2,3)25-18(24)21-9-14(10-21)20-11-15(12-20)22-8-13-6-4-5-7-16(13)17(22)23;1-16(2,3)21-15(20)17-9-12(10-17)18-8-11-6-4-5-7-13(11)14(18)19;18-15-13-4-2-1-3-10(13)5-14(15)11-8-17(9-11)12-6-16-7-12;14-13(15)12-8-6-11(7-9-12)10-4-2-1-3-5-10;1-12-9(11)8-5-3-2-4-7(8)6-10;1-8(2,3)12-7(11)10-4-6(9)5-10;1-8(2,3)12-7(11)9-4-6(10)5-9/h1-13,23-24H,14-18H2;4-7,14-15H,8-12H2,1-3H3;4-7,12H,8-10H2,1-3H3;1-4,11-12,14,16H,5-9H2;1-9H,(H,14,15);2-6H,1H3;6H,4-5,9H2,1-3H3;4-5H2,1-3H3. The Balaban J connectivity index is 0.000000129. The Bertz CT molecular complexity index is 6240. The molecule has 1 unspecified atom stereocenters. The molecule has 32 heteroatoms. The lowest BCUT2D eigenvalue weighted by atomic mass is 9.81. The van der Waals surface area contributed by atoms with Crippen LogP contribution in [0.25, 0.3) is 22.3 Å². The second-order valence-corrected chi connectivity index (χ2v) is 43.2. The van der Waals surface area contributed by atoms with Gasteiger partial charge in [-0.1, -0.05) is 182 Å². The van der Waals surface area contributed by atoms with Gasteiger partial charge in [0.25, 0.3) is 23.6 Å². The maximum Gasteiger partial charge on any atom is 0.411 e. The first-order chi connectivity index (χ1) is 70.0. The maximum atomic E-state index is 12.8. The van der Waals surface area contributed by atoms with Gasteiger partial charge in [0.15, 0.2) is 17.9 Å². The molecule has 12 heterocycles. The highest BCUT2D eigenvalue weighted by Gasteiger charge is 2.50. The van der Waals surface area contributed by atoms with Gasteiger partial charge in [-0.2, -0.15) is 0 Å². The fourth-order valence-electron chi connectivity index (χ4n) is 19.1. The number of benzene rings is 9. The number of nitrogens with zero attached hydrogens (tertiary/aromatic N) is 11. The molecule has 774 valence electrons. The quantitative estimate of drug-likeness (QED) is 0.0548. The number of carboxylic acid groups (broad SMARTS) is 1. The minimum absolute atomic E-state index is 0.0689. The Morgan fingerprint density at radius 1 is 0.354 bits per heavy atom. The van der Waals surface area contributed by atoms with Crippen LogP contribution in [0.2, 0.25) is 0 Å². The molecule has 0 spiro atoms. The summed E-state index contributed by atoms with van der Waals surface area (Å²) in [5, 5.41) is 12.1. The predicted molar refractivity (Wildman–Crippen MR) is 555 cm³/mol. The number of nitrogens with two attached hydrogens (primary N) is 1. The van der Waals surface area contributed by atoms with Crippen LogP contribution in [0, 0.1) is 11.8 Å². The highest BCUT2D eigenvalue weighted by atomic mass is 16.6. The number of Topliss-reactive ketones (excluding diaryl/α,β-unsaturated/α-hetero) is 2. The van der Waals surface area contributed by atoms with Crippen molar-refractivity contribution in [2.75, 3.05) is 125 Å². The lowest BCUT2D eigenvalue weighted by molar-refractivity contribution is -0.128. The molecule has 9 fully saturated rings. The van der Waals surface area contributed by atoms with Gasteiger partial charge in [0.05, 0.1) is 49.5 Å². The van der Waals surface area contributed by atoms with Crippen LogP contribution in [-0.2, 0) is 54.5 Å². The molecule has 0 radical (unpaired) electrons. The molecule has 0 saturated carbocycles. The van der Waals surface area contributed by atoms with Crippen molar-refractivity contribution in [3.05, 3.63) is 297 Å². The average molecular weight is 2000 g/mol. The number of ether oxygens (including phenoxy) is 5. The number of amides is 8. The Hall–Kier alpha value is -14.3. The fourth-order valence-corrected chi connectivity index (χ4v) is 19.1. The number of hydrogen-bond donors (Lipinski definition) is 3. The molecular weight excluding hydrogens is 1870 g/mol. The largest absolute Gasteiger partial charge is 0.478 e. The van der Waals surface area contributed by atoms with Crippen molar-refractivity contribution in [2.45, 2.75) is 174 Å². The van der Waals surface area contributed by atoms with E-state index >= 15 is 0 Å². The molecule has 9 aromatic carbocycles. The molecule has 1 atom stereocenters. The molecule has 4 N–H and O–H groups in total. The van der Waals surface area contributed by atoms with Gasteiger partial charge in [0.1, 0.15) is 22.4 Å². The number of carboxylic acids is 1. The van der Waals surface area contributed by atoms with E-state index in [0.717, 1.165) is 171 Å². The summed E-state index contributed by atoms with van der Waals surface area (Å²) >= 11 is 0. The molecule has 1 aliphatic carbocycles. The topological polar surface area (TPSA) is 362 Å². The van der Waals surface area contributed by atoms with E-state index in [1.807, 2.05) is 258 Å². The average Bonchev–Trinajstić information content (AvgIpc) is 1.66. The van der Waals surface area contributed by atoms with E-state index in [9.17, 15) is 62.3 Å². The van der Waals surface area contributed by atoms with E-state index in [-0.39, 0.29) is 90.9 Å². The number of likely N-dealkylation sites (tertiary alicyclic amines) is 8. The zero-order valence-electron chi connectivity index (χ0n) is 86.1. The van der Waals surface area contributed by atoms with Gasteiger partial charge in [-0.3, -0.25) is 53.2 Å². The van der Waals surface area contributed by atoms with Gasteiger partial charge < -0.3 is 74.1 Å². The lowest BCUT2D eigenvalue weighted by Crippen LogP contribution is -2.70. The van der Waals surface area contributed by atoms with Crippen LogP contribution in [0.1, 0.15) is 188 Å². The summed E-state index contributed by atoms with van der Waals surface area (Å²) in [7, 11) is 1.28. The molecule has 9 aromatic rings. The summed E-state index contributed by atoms with van der Waals surface area (Å²) in [6.07, 6.45) is 0.406. The number of fused-ring (bicyclic) bond motifs is 4. The number of hydrogen-bond acceptors (Lipinski definition) is 23. The highest BCUT2D eigenvalue weighted by Crippen LogP contribution is 2.39. The van der Waals surface area contributed by atoms with Crippen LogP contribution in [-0.4, -0.2) is 326 Å². The van der Waals surface area contributed by atoms with Crippen LogP contribution < -0.4 is 11.1 Å². The van der Waals surface area contributed by atoms with Gasteiger partial charge in [0.2, 0.25) is 0 Å². The molecule has 0 bridgehead atoms. The molecule has 147 heavy (non-hydrogen) atoms. The lowest BCUT2D eigenvalue weighted by Gasteiger charge is -2.53. The van der Waals surface area contributed by atoms with E-state index in [1.165, 1.54) is 17.6 Å². The van der Waals surface area contributed by atoms with Crippen molar-refractivity contribution in [1.29, 1.82) is 0 Å². The molecule has 9 saturated heterocycles. The third-order valence-corrected chi connectivity index (χ3v) is 27.6. The van der Waals surface area contributed by atoms with Crippen LogP contribution in [0.3, 0.4) is 0 Å². The molecule has 0 aromatic heterocycles. The van der Waals surface area contributed by atoms with Gasteiger partial charge in [-0.25, -0.2) is 28.8 Å². The van der Waals surface area contributed by atoms with Crippen LogP contribution in [0.15, 0.2) is 231 Å². The number of carbonyl (C=O) groups is 13. The SMILES string of the molecule is CC(C)(C)OC(=O)N1CC(=O)C1.CC(C)(C)OC(=O)N1CC(N)C1.CC(C)(C)OC(=O)N1CC(N2CC(N3Cc4ccccc4C3=O)C2)C1.CC(C)(C)OC(=O)N1CC(N2Cc3ccccc3C2=O)C1.COC(=O)c1ccccc1C=O.O=C(O)c1ccc(-c2ccccc2)cc1.O=C(c1ccc(-c2ccccc2)cc1)N1CC(N2CC(N3Cc4ccccc4C3=O)C2)C1.O=C1c2ccccc2CC1C1CN(C2CNC2)C1.